The number of carbonyl (C=O) groups excluding carboxylic acids is 1. The van der Waals surface area contributed by atoms with E-state index in [1.165, 1.54) is 0 Å². The molecule has 3 atom stereocenters. The predicted octanol–water partition coefficient (Wildman–Crippen LogP) is -0.667. The van der Waals surface area contributed by atoms with E-state index >= 15 is 0 Å². The summed E-state index contributed by atoms with van der Waals surface area (Å²) < 4.78 is 5.26. The lowest BCUT2D eigenvalue weighted by Crippen LogP contribution is -2.67. The highest BCUT2D eigenvalue weighted by Crippen LogP contribution is 2.30. The van der Waals surface area contributed by atoms with Crippen LogP contribution in [0.3, 0.4) is 0 Å². The van der Waals surface area contributed by atoms with E-state index in [4.69, 9.17) is 10.5 Å². The highest BCUT2D eigenvalue weighted by molar-refractivity contribution is 5.82. The third kappa shape index (κ3) is 1.03. The van der Waals surface area contributed by atoms with Crippen LogP contribution >= 0.6 is 0 Å². The highest BCUT2D eigenvalue weighted by atomic mass is 16.5. The smallest absolute Gasteiger partial charge is 0.239 e. The van der Waals surface area contributed by atoms with Gasteiger partial charge in [-0.25, -0.2) is 0 Å². The largest absolute Gasteiger partial charge is 0.377 e. The van der Waals surface area contributed by atoms with Crippen molar-refractivity contribution in [2.45, 2.75) is 31.5 Å². The lowest BCUT2D eigenvalue weighted by molar-refractivity contribution is -0.168. The van der Waals surface area contributed by atoms with Crippen LogP contribution < -0.4 is 5.73 Å². The number of carbonyl (C=O) groups is 1. The molecule has 0 aliphatic carbocycles. The number of morpholine rings is 1. The zero-order valence-electron chi connectivity index (χ0n) is 7.19. The van der Waals surface area contributed by atoms with Gasteiger partial charge in [-0.2, -0.15) is 0 Å². The van der Waals surface area contributed by atoms with Crippen LogP contribution in [-0.2, 0) is 9.53 Å². The summed E-state index contributed by atoms with van der Waals surface area (Å²) in [5.41, 5.74) is 5.52. The predicted molar refractivity (Wildman–Crippen MR) is 43.5 cm³/mol. The number of amides is 1. The van der Waals surface area contributed by atoms with Gasteiger partial charge in [-0.15, -0.1) is 0 Å². The maximum atomic E-state index is 11.5. The molecule has 3 rings (SSSR count). The number of hydrogen-bond donors (Lipinski definition) is 1. The van der Waals surface area contributed by atoms with Crippen molar-refractivity contribution >= 4 is 5.91 Å². The Morgan fingerprint density at radius 2 is 2.17 bits per heavy atom. The summed E-state index contributed by atoms with van der Waals surface area (Å²) >= 11 is 0. The average Bonchev–Trinajstić information content (AvgIpc) is 2.05. The van der Waals surface area contributed by atoms with Crippen LogP contribution in [0.15, 0.2) is 0 Å². The van der Waals surface area contributed by atoms with Crippen molar-refractivity contribution in [1.29, 1.82) is 0 Å². The average molecular weight is 170 g/mol. The van der Waals surface area contributed by atoms with Crippen molar-refractivity contribution in [3.8, 4) is 0 Å². The van der Waals surface area contributed by atoms with Gasteiger partial charge in [0.25, 0.3) is 0 Å². The first kappa shape index (κ1) is 8.01. The zero-order chi connectivity index (χ0) is 8.72. The van der Waals surface area contributed by atoms with Crippen molar-refractivity contribution < 1.29 is 9.53 Å². The molecule has 3 saturated heterocycles. The molecule has 0 radical (unpaired) electrons. The normalized spacial score (nSPS) is 35.7. The molecule has 2 bridgehead atoms. The van der Waals surface area contributed by atoms with E-state index in [9.17, 15) is 4.79 Å². The number of fused-ring (bicyclic) bond motifs is 2. The van der Waals surface area contributed by atoms with E-state index < -0.39 is 0 Å². The van der Waals surface area contributed by atoms with Crippen molar-refractivity contribution in [2.75, 3.05) is 13.2 Å². The van der Waals surface area contributed by atoms with Crippen LogP contribution in [0.1, 0.15) is 13.3 Å². The van der Waals surface area contributed by atoms with Crippen molar-refractivity contribution in [3.05, 3.63) is 0 Å². The van der Waals surface area contributed by atoms with Crippen molar-refractivity contribution in [3.63, 3.8) is 0 Å². The van der Waals surface area contributed by atoms with Crippen molar-refractivity contribution in [1.82, 2.24) is 4.90 Å². The monoisotopic (exact) mass is 170 g/mol. The summed E-state index contributed by atoms with van der Waals surface area (Å²) in [5.74, 6) is 0.0690. The van der Waals surface area contributed by atoms with Gasteiger partial charge in [-0.3, -0.25) is 4.79 Å². The summed E-state index contributed by atoms with van der Waals surface area (Å²) in [6.45, 7) is 3.11. The van der Waals surface area contributed by atoms with Crippen LogP contribution in [0.5, 0.6) is 0 Å². The third-order valence-corrected chi connectivity index (χ3v) is 2.60. The van der Waals surface area contributed by atoms with Crippen LogP contribution in [0.25, 0.3) is 0 Å². The number of ether oxygens (including phenoxy) is 1. The molecule has 3 heterocycles. The second-order valence-electron chi connectivity index (χ2n) is 3.61. The first-order valence-electron chi connectivity index (χ1n) is 4.35. The maximum absolute atomic E-state index is 11.5. The quantitative estimate of drug-likeness (QED) is 0.568. The molecule has 3 fully saturated rings. The molecule has 12 heavy (non-hydrogen) atoms. The van der Waals surface area contributed by atoms with E-state index in [0.29, 0.717) is 25.3 Å². The Hall–Kier alpha value is -0.610. The molecule has 1 amide bonds. The fourth-order valence-corrected chi connectivity index (χ4v) is 1.93. The molecule has 68 valence electrons. The third-order valence-electron chi connectivity index (χ3n) is 2.60. The minimum absolute atomic E-state index is 0.0690. The summed E-state index contributed by atoms with van der Waals surface area (Å²) in [6.07, 6.45) is 1.10. The van der Waals surface area contributed by atoms with E-state index in [2.05, 4.69) is 0 Å². The maximum Gasteiger partial charge on any atom is 0.239 e. The lowest BCUT2D eigenvalue weighted by Gasteiger charge is -2.52. The minimum Gasteiger partial charge on any atom is -0.377 e. The van der Waals surface area contributed by atoms with Gasteiger partial charge < -0.3 is 15.4 Å². The van der Waals surface area contributed by atoms with Crippen molar-refractivity contribution in [2.24, 2.45) is 5.73 Å². The molecule has 0 spiro atoms. The number of nitrogens with zero attached hydrogens (tertiary/aromatic N) is 1. The molecule has 4 heteroatoms. The summed E-state index contributed by atoms with van der Waals surface area (Å²) in [7, 11) is 0. The first-order valence-corrected chi connectivity index (χ1v) is 4.35. The minimum atomic E-state index is -0.367. The number of rotatable bonds is 1. The fourth-order valence-electron chi connectivity index (χ4n) is 1.93. The molecule has 3 aliphatic heterocycles. The number of hydrogen-bond acceptors (Lipinski definition) is 3. The SMILES string of the molecule is CC(N)C(=O)N1C2COCC1C2. The summed E-state index contributed by atoms with van der Waals surface area (Å²) in [6, 6.07) is 0.248. The molecule has 0 aromatic rings. The number of nitrogens with two attached hydrogens (primary N) is 1. The molecular formula is C8H14N2O2. The Bertz CT molecular complexity index is 191. The van der Waals surface area contributed by atoms with Gasteiger partial charge in [0.1, 0.15) is 0 Å². The Morgan fingerprint density at radius 3 is 2.58 bits per heavy atom. The molecule has 3 unspecified atom stereocenters. The Balaban J connectivity index is 2.01. The molecule has 2 N–H and O–H groups in total. The lowest BCUT2D eigenvalue weighted by atomic mass is 9.90. The Kier molecular flexibility index (Phi) is 1.81. The summed E-state index contributed by atoms with van der Waals surface area (Å²) in [5, 5.41) is 0. The standard InChI is InChI=1S/C8H14N2O2/c1-5(9)8(11)10-6-2-7(10)4-12-3-6/h5-7H,2-4,9H2,1H3. The van der Waals surface area contributed by atoms with Gasteiger partial charge in [0.2, 0.25) is 5.91 Å². The van der Waals surface area contributed by atoms with Gasteiger partial charge in [-0.05, 0) is 13.3 Å². The first-order chi connectivity index (χ1) is 5.70. The van der Waals surface area contributed by atoms with E-state index in [0.717, 1.165) is 6.42 Å². The molecule has 3 aliphatic rings. The van der Waals surface area contributed by atoms with Crippen LogP contribution in [0.4, 0.5) is 0 Å². The second kappa shape index (κ2) is 2.71. The molecule has 0 aromatic carbocycles. The van der Waals surface area contributed by atoms with Crippen LogP contribution in [0, 0.1) is 0 Å². The van der Waals surface area contributed by atoms with Crippen LogP contribution in [-0.4, -0.2) is 42.1 Å². The molecule has 0 aromatic heterocycles. The zero-order valence-corrected chi connectivity index (χ0v) is 7.19. The molecule has 4 nitrogen and oxygen atoms in total. The van der Waals surface area contributed by atoms with E-state index in [1.807, 2.05) is 4.90 Å². The van der Waals surface area contributed by atoms with Gasteiger partial charge in [0.15, 0.2) is 0 Å². The molecular weight excluding hydrogens is 156 g/mol. The highest BCUT2D eigenvalue weighted by Gasteiger charge is 2.45. The topological polar surface area (TPSA) is 55.6 Å². The van der Waals surface area contributed by atoms with E-state index in [1.54, 1.807) is 6.92 Å². The van der Waals surface area contributed by atoms with Gasteiger partial charge in [0, 0.05) is 0 Å². The van der Waals surface area contributed by atoms with E-state index in [-0.39, 0.29) is 11.9 Å². The summed E-state index contributed by atoms with van der Waals surface area (Å²) in [4.78, 5) is 13.4. The van der Waals surface area contributed by atoms with Gasteiger partial charge in [-0.1, -0.05) is 0 Å². The fraction of sp³-hybridized carbons (Fsp3) is 0.875. The van der Waals surface area contributed by atoms with Crippen LogP contribution in [0.2, 0.25) is 0 Å². The Labute approximate surface area is 71.7 Å². The Morgan fingerprint density at radius 1 is 1.58 bits per heavy atom. The second-order valence-corrected chi connectivity index (χ2v) is 3.61. The molecule has 0 saturated carbocycles. The van der Waals surface area contributed by atoms with Gasteiger partial charge in [0.05, 0.1) is 31.3 Å². The van der Waals surface area contributed by atoms with Gasteiger partial charge >= 0.3 is 0 Å².